The van der Waals surface area contributed by atoms with Crippen molar-refractivity contribution in [2.24, 2.45) is 0 Å². The average Bonchev–Trinajstić information content (AvgIpc) is 3.25. The van der Waals surface area contributed by atoms with Crippen molar-refractivity contribution in [3.63, 3.8) is 0 Å². The predicted molar refractivity (Wildman–Crippen MR) is 105 cm³/mol. The van der Waals surface area contributed by atoms with Crippen molar-refractivity contribution in [1.29, 1.82) is 0 Å². The molecule has 4 rings (SSSR count). The first-order valence-electron chi connectivity index (χ1n) is 9.00. The number of hydrogen-bond donors (Lipinski definition) is 2. The summed E-state index contributed by atoms with van der Waals surface area (Å²) in [4.78, 5) is 12.8. The van der Waals surface area contributed by atoms with Gasteiger partial charge < -0.3 is 5.32 Å². The number of aromatic nitrogens is 4. The van der Waals surface area contributed by atoms with Crippen LogP contribution in [0, 0.1) is 19.7 Å². The highest BCUT2D eigenvalue weighted by Gasteiger charge is 2.20. The van der Waals surface area contributed by atoms with E-state index in [1.165, 1.54) is 12.1 Å². The number of hydrogen-bond acceptors (Lipinski definition) is 3. The van der Waals surface area contributed by atoms with Gasteiger partial charge in [-0.05, 0) is 57.2 Å². The first-order valence-corrected chi connectivity index (χ1v) is 9.00. The smallest absolute Gasteiger partial charge is 0.272 e. The summed E-state index contributed by atoms with van der Waals surface area (Å²) in [5, 5.41) is 15.2. The standard InChI is InChI=1S/C21H20FN5O/c1-12-4-9-19-17(10-12)20(26-25-19)21(28)24-13(2)18-11-23-27(14(18)3)16-7-5-15(22)6-8-16/h4-11,13H,1-3H3,(H,24,28)(H,25,26). The Balaban J connectivity index is 1.58. The third kappa shape index (κ3) is 3.15. The van der Waals surface area contributed by atoms with Crippen LogP contribution in [0.15, 0.2) is 48.7 Å². The number of fused-ring (bicyclic) bond motifs is 1. The number of rotatable bonds is 4. The van der Waals surface area contributed by atoms with Crippen LogP contribution < -0.4 is 5.32 Å². The number of aryl methyl sites for hydroxylation is 1. The van der Waals surface area contributed by atoms with E-state index in [9.17, 15) is 9.18 Å². The van der Waals surface area contributed by atoms with Gasteiger partial charge in [-0.1, -0.05) is 11.6 Å². The molecule has 0 saturated carbocycles. The Bertz CT molecular complexity index is 1160. The summed E-state index contributed by atoms with van der Waals surface area (Å²) in [5.41, 5.74) is 4.78. The molecule has 0 bridgehead atoms. The number of benzene rings is 2. The van der Waals surface area contributed by atoms with Gasteiger partial charge in [-0.25, -0.2) is 9.07 Å². The molecule has 142 valence electrons. The molecular formula is C21H20FN5O. The zero-order chi connectivity index (χ0) is 19.8. The summed E-state index contributed by atoms with van der Waals surface area (Å²) in [5.74, 6) is -0.547. The monoisotopic (exact) mass is 377 g/mol. The number of aromatic amines is 1. The first kappa shape index (κ1) is 17.9. The summed E-state index contributed by atoms with van der Waals surface area (Å²) in [6.07, 6.45) is 1.72. The number of nitrogens with zero attached hydrogens (tertiary/aromatic N) is 3. The van der Waals surface area contributed by atoms with Gasteiger partial charge in [0.15, 0.2) is 5.69 Å². The van der Waals surface area contributed by atoms with Crippen LogP contribution in [0.3, 0.4) is 0 Å². The predicted octanol–water partition coefficient (Wildman–Crippen LogP) is 4.00. The highest BCUT2D eigenvalue weighted by atomic mass is 19.1. The van der Waals surface area contributed by atoms with Crippen LogP contribution in [-0.2, 0) is 0 Å². The second-order valence-corrected chi connectivity index (χ2v) is 6.89. The molecule has 0 aliphatic carbocycles. The normalized spacial score (nSPS) is 12.3. The zero-order valence-corrected chi connectivity index (χ0v) is 15.8. The van der Waals surface area contributed by atoms with E-state index >= 15 is 0 Å². The van der Waals surface area contributed by atoms with Crippen molar-refractivity contribution in [3.05, 3.63) is 77.0 Å². The SMILES string of the molecule is Cc1ccc2[nH]nc(C(=O)NC(C)c3cnn(-c4ccc(F)cc4)c3C)c2c1. The zero-order valence-electron chi connectivity index (χ0n) is 15.8. The molecule has 1 unspecified atom stereocenters. The average molecular weight is 377 g/mol. The van der Waals surface area contributed by atoms with Gasteiger partial charge in [0.05, 0.1) is 23.4 Å². The first-order chi connectivity index (χ1) is 13.4. The van der Waals surface area contributed by atoms with E-state index in [2.05, 4.69) is 20.6 Å². The Labute approximate surface area is 161 Å². The fraction of sp³-hybridized carbons (Fsp3) is 0.190. The fourth-order valence-electron chi connectivity index (χ4n) is 3.33. The fourth-order valence-corrected chi connectivity index (χ4v) is 3.33. The highest BCUT2D eigenvalue weighted by Crippen LogP contribution is 2.22. The van der Waals surface area contributed by atoms with E-state index in [0.717, 1.165) is 33.4 Å². The number of carbonyl (C=O) groups excluding carboxylic acids is 1. The van der Waals surface area contributed by atoms with Gasteiger partial charge in [-0.2, -0.15) is 10.2 Å². The lowest BCUT2D eigenvalue weighted by atomic mass is 10.1. The molecule has 4 aromatic rings. The summed E-state index contributed by atoms with van der Waals surface area (Å²) >= 11 is 0. The minimum absolute atomic E-state index is 0.252. The second-order valence-electron chi connectivity index (χ2n) is 6.89. The van der Waals surface area contributed by atoms with Gasteiger partial charge in [0.2, 0.25) is 0 Å². The molecule has 0 radical (unpaired) electrons. The lowest BCUT2D eigenvalue weighted by Crippen LogP contribution is -2.27. The quantitative estimate of drug-likeness (QED) is 0.564. The summed E-state index contributed by atoms with van der Waals surface area (Å²) in [7, 11) is 0. The van der Waals surface area contributed by atoms with Crippen LogP contribution in [-0.4, -0.2) is 25.9 Å². The van der Waals surface area contributed by atoms with E-state index < -0.39 is 0 Å². The van der Waals surface area contributed by atoms with Crippen molar-refractivity contribution in [2.75, 3.05) is 0 Å². The molecule has 0 aliphatic rings. The topological polar surface area (TPSA) is 75.6 Å². The van der Waals surface area contributed by atoms with Crippen LogP contribution >= 0.6 is 0 Å². The van der Waals surface area contributed by atoms with Gasteiger partial charge in [0.1, 0.15) is 5.82 Å². The maximum atomic E-state index is 13.2. The summed E-state index contributed by atoms with van der Waals surface area (Å²) in [6.45, 7) is 5.79. The maximum absolute atomic E-state index is 13.2. The molecule has 2 N–H and O–H groups in total. The Morgan fingerprint density at radius 3 is 2.68 bits per heavy atom. The van der Waals surface area contributed by atoms with E-state index in [1.807, 2.05) is 39.0 Å². The molecule has 2 heterocycles. The van der Waals surface area contributed by atoms with Crippen molar-refractivity contribution >= 4 is 16.8 Å². The number of nitrogens with one attached hydrogen (secondary N) is 2. The molecule has 1 amide bonds. The highest BCUT2D eigenvalue weighted by molar-refractivity contribution is 6.04. The van der Waals surface area contributed by atoms with Crippen LogP contribution in [0.25, 0.3) is 16.6 Å². The Kier molecular flexibility index (Phi) is 4.43. The molecule has 28 heavy (non-hydrogen) atoms. The molecular weight excluding hydrogens is 357 g/mol. The van der Waals surface area contributed by atoms with Gasteiger partial charge in [-0.15, -0.1) is 0 Å². The number of carbonyl (C=O) groups is 1. The van der Waals surface area contributed by atoms with Crippen molar-refractivity contribution in [2.45, 2.75) is 26.8 Å². The lowest BCUT2D eigenvalue weighted by Gasteiger charge is -2.13. The lowest BCUT2D eigenvalue weighted by molar-refractivity contribution is 0.0936. The van der Waals surface area contributed by atoms with Gasteiger partial charge in [0, 0.05) is 16.6 Å². The molecule has 0 aliphatic heterocycles. The molecule has 7 heteroatoms. The third-order valence-electron chi connectivity index (χ3n) is 4.87. The summed E-state index contributed by atoms with van der Waals surface area (Å²) in [6, 6.07) is 11.7. The van der Waals surface area contributed by atoms with E-state index in [4.69, 9.17) is 0 Å². The molecule has 0 fully saturated rings. The molecule has 2 aromatic carbocycles. The van der Waals surface area contributed by atoms with Crippen molar-refractivity contribution in [3.8, 4) is 5.69 Å². The van der Waals surface area contributed by atoms with Crippen LogP contribution in [0.5, 0.6) is 0 Å². The molecule has 2 aromatic heterocycles. The molecule has 6 nitrogen and oxygen atoms in total. The summed E-state index contributed by atoms with van der Waals surface area (Å²) < 4.78 is 14.9. The molecule has 0 saturated heterocycles. The van der Waals surface area contributed by atoms with E-state index in [-0.39, 0.29) is 17.8 Å². The number of halogens is 1. The van der Waals surface area contributed by atoms with Crippen molar-refractivity contribution < 1.29 is 9.18 Å². The molecule has 0 spiro atoms. The minimum Gasteiger partial charge on any atom is -0.344 e. The third-order valence-corrected chi connectivity index (χ3v) is 4.87. The van der Waals surface area contributed by atoms with Crippen molar-refractivity contribution in [1.82, 2.24) is 25.3 Å². The second kappa shape index (κ2) is 6.92. The van der Waals surface area contributed by atoms with Crippen LogP contribution in [0.2, 0.25) is 0 Å². The van der Waals surface area contributed by atoms with Crippen LogP contribution in [0.4, 0.5) is 4.39 Å². The van der Waals surface area contributed by atoms with Gasteiger partial charge in [0.25, 0.3) is 5.91 Å². The minimum atomic E-state index is -0.295. The number of H-pyrrole nitrogens is 1. The Hall–Kier alpha value is -3.48. The van der Waals surface area contributed by atoms with Gasteiger partial charge in [-0.3, -0.25) is 9.89 Å². The van der Waals surface area contributed by atoms with Gasteiger partial charge >= 0.3 is 0 Å². The Morgan fingerprint density at radius 2 is 1.93 bits per heavy atom. The molecule has 1 atom stereocenters. The van der Waals surface area contributed by atoms with Crippen LogP contribution in [0.1, 0.15) is 40.3 Å². The van der Waals surface area contributed by atoms with E-state index in [0.29, 0.717) is 5.69 Å². The maximum Gasteiger partial charge on any atom is 0.272 e. The number of amides is 1. The largest absolute Gasteiger partial charge is 0.344 e. The Morgan fingerprint density at radius 1 is 1.18 bits per heavy atom. The van der Waals surface area contributed by atoms with E-state index in [1.54, 1.807) is 23.0 Å².